The van der Waals surface area contributed by atoms with Crippen molar-refractivity contribution >= 4 is 5.91 Å². The summed E-state index contributed by atoms with van der Waals surface area (Å²) in [7, 11) is 0. The van der Waals surface area contributed by atoms with Gasteiger partial charge in [0.1, 0.15) is 0 Å². The molecule has 0 heterocycles. The fourth-order valence-electron chi connectivity index (χ4n) is 2.88. The van der Waals surface area contributed by atoms with Gasteiger partial charge >= 0.3 is 0 Å². The van der Waals surface area contributed by atoms with E-state index in [1.807, 2.05) is 0 Å². The molecular weight excluding hydrogens is 240 g/mol. The van der Waals surface area contributed by atoms with Crippen molar-refractivity contribution in [3.8, 4) is 0 Å². The number of nitrogens with two attached hydrogens (primary N) is 1. The highest BCUT2D eigenvalue weighted by Gasteiger charge is 2.33. The lowest BCUT2D eigenvalue weighted by Gasteiger charge is -2.36. The number of rotatable bonds is 7. The van der Waals surface area contributed by atoms with Crippen LogP contribution in [0.5, 0.6) is 0 Å². The van der Waals surface area contributed by atoms with Crippen LogP contribution in [-0.4, -0.2) is 29.7 Å². The van der Waals surface area contributed by atoms with Crippen molar-refractivity contribution in [1.29, 1.82) is 0 Å². The predicted octanol–water partition coefficient (Wildman–Crippen LogP) is 1.95. The third-order valence-electron chi connectivity index (χ3n) is 4.37. The number of nitrogens with one attached hydrogen (secondary N) is 1. The summed E-state index contributed by atoms with van der Waals surface area (Å²) in [6, 6.07) is 0. The van der Waals surface area contributed by atoms with E-state index in [0.717, 1.165) is 38.5 Å². The molecule has 19 heavy (non-hydrogen) atoms. The van der Waals surface area contributed by atoms with Crippen LogP contribution < -0.4 is 11.1 Å². The molecule has 112 valence electrons. The largest absolute Gasteiger partial charge is 0.394 e. The second-order valence-electron chi connectivity index (χ2n) is 6.75. The van der Waals surface area contributed by atoms with Gasteiger partial charge in [-0.2, -0.15) is 0 Å². The number of hydrogen-bond acceptors (Lipinski definition) is 3. The Morgan fingerprint density at radius 2 is 1.89 bits per heavy atom. The number of carbonyl (C=O) groups is 1. The van der Waals surface area contributed by atoms with Crippen molar-refractivity contribution < 1.29 is 9.90 Å². The second-order valence-corrected chi connectivity index (χ2v) is 6.75. The van der Waals surface area contributed by atoms with Gasteiger partial charge in [-0.3, -0.25) is 4.79 Å². The van der Waals surface area contributed by atoms with Crippen LogP contribution >= 0.6 is 0 Å². The quantitative estimate of drug-likeness (QED) is 0.662. The first-order chi connectivity index (χ1) is 8.93. The number of aliphatic hydroxyl groups excluding tert-OH is 1. The van der Waals surface area contributed by atoms with Crippen molar-refractivity contribution in [3.05, 3.63) is 0 Å². The van der Waals surface area contributed by atoms with Crippen molar-refractivity contribution in [1.82, 2.24) is 5.32 Å². The van der Waals surface area contributed by atoms with Gasteiger partial charge in [-0.1, -0.05) is 33.1 Å². The Bertz CT molecular complexity index is 284. The van der Waals surface area contributed by atoms with E-state index in [9.17, 15) is 9.90 Å². The van der Waals surface area contributed by atoms with Gasteiger partial charge in [-0.25, -0.2) is 0 Å². The first-order valence-electron chi connectivity index (χ1n) is 7.55. The molecule has 4 heteroatoms. The fraction of sp³-hybridized carbons (Fsp3) is 0.933. The summed E-state index contributed by atoms with van der Waals surface area (Å²) < 4.78 is 0. The molecular formula is C15H30N2O2. The average Bonchev–Trinajstić information content (AvgIpc) is 2.38. The van der Waals surface area contributed by atoms with Crippen molar-refractivity contribution in [2.45, 2.75) is 70.8 Å². The van der Waals surface area contributed by atoms with Crippen LogP contribution in [-0.2, 0) is 4.79 Å². The number of amides is 1. The van der Waals surface area contributed by atoms with Gasteiger partial charge in [-0.15, -0.1) is 0 Å². The topological polar surface area (TPSA) is 75.4 Å². The molecule has 0 saturated heterocycles. The van der Waals surface area contributed by atoms with Crippen LogP contribution in [0.3, 0.4) is 0 Å². The summed E-state index contributed by atoms with van der Waals surface area (Å²) in [5.74, 6) is 0.0704. The molecule has 4 N–H and O–H groups in total. The molecule has 1 fully saturated rings. The zero-order valence-corrected chi connectivity index (χ0v) is 12.5. The summed E-state index contributed by atoms with van der Waals surface area (Å²) >= 11 is 0. The lowest BCUT2D eigenvalue weighted by molar-refractivity contribution is -0.124. The Balaban J connectivity index is 2.41. The molecule has 0 aliphatic heterocycles. The van der Waals surface area contributed by atoms with Gasteiger partial charge in [0.2, 0.25) is 5.91 Å². The van der Waals surface area contributed by atoms with E-state index in [1.54, 1.807) is 0 Å². The Morgan fingerprint density at radius 3 is 2.42 bits per heavy atom. The second kappa shape index (κ2) is 7.25. The Hall–Kier alpha value is -0.610. The van der Waals surface area contributed by atoms with Crippen molar-refractivity contribution in [2.24, 2.45) is 11.1 Å². The summed E-state index contributed by atoms with van der Waals surface area (Å²) in [5, 5.41) is 12.6. The summed E-state index contributed by atoms with van der Waals surface area (Å²) in [6.07, 6.45) is 7.51. The molecule has 1 aliphatic rings. The van der Waals surface area contributed by atoms with Crippen LogP contribution in [0.4, 0.5) is 0 Å². The Labute approximate surface area is 117 Å². The first-order valence-corrected chi connectivity index (χ1v) is 7.55. The fourth-order valence-corrected chi connectivity index (χ4v) is 2.88. The molecule has 0 radical (unpaired) electrons. The highest BCUT2D eigenvalue weighted by Crippen LogP contribution is 2.29. The molecule has 1 rings (SSSR count). The lowest BCUT2D eigenvalue weighted by atomic mass is 9.81. The van der Waals surface area contributed by atoms with Gasteiger partial charge in [0, 0.05) is 6.42 Å². The maximum atomic E-state index is 12.1. The molecule has 0 aromatic carbocycles. The molecule has 0 spiro atoms. The minimum atomic E-state index is -0.354. The number of carbonyl (C=O) groups excluding carboxylic acids is 1. The first kappa shape index (κ1) is 16.4. The van der Waals surface area contributed by atoms with Crippen LogP contribution in [0.15, 0.2) is 0 Å². The average molecular weight is 270 g/mol. The predicted molar refractivity (Wildman–Crippen MR) is 77.7 cm³/mol. The van der Waals surface area contributed by atoms with Crippen molar-refractivity contribution in [3.63, 3.8) is 0 Å². The van der Waals surface area contributed by atoms with E-state index in [1.165, 1.54) is 6.42 Å². The molecule has 0 unspecified atom stereocenters. The van der Waals surface area contributed by atoms with E-state index in [0.29, 0.717) is 13.0 Å². The molecule has 0 aromatic rings. The maximum absolute atomic E-state index is 12.1. The summed E-state index contributed by atoms with van der Waals surface area (Å²) in [6.45, 7) is 5.02. The minimum Gasteiger partial charge on any atom is -0.394 e. The third kappa shape index (κ3) is 5.49. The molecule has 0 aromatic heterocycles. The van der Waals surface area contributed by atoms with Gasteiger partial charge < -0.3 is 16.2 Å². The molecule has 0 atom stereocenters. The van der Waals surface area contributed by atoms with Crippen LogP contribution in [0.25, 0.3) is 0 Å². The van der Waals surface area contributed by atoms with Crippen LogP contribution in [0.2, 0.25) is 0 Å². The van der Waals surface area contributed by atoms with Gasteiger partial charge in [0.15, 0.2) is 0 Å². The van der Waals surface area contributed by atoms with Crippen LogP contribution in [0, 0.1) is 5.41 Å². The number of hydrogen-bond donors (Lipinski definition) is 3. The highest BCUT2D eigenvalue weighted by molar-refractivity contribution is 5.76. The monoisotopic (exact) mass is 270 g/mol. The standard InChI is InChI=1S/C15H30N2O2/c1-14(2,10-11-16)9-6-13(19)17-15(12-18)7-4-3-5-8-15/h18H,3-12,16H2,1-2H3,(H,17,19). The normalized spacial score (nSPS) is 19.2. The highest BCUT2D eigenvalue weighted by atomic mass is 16.3. The molecule has 0 bridgehead atoms. The Morgan fingerprint density at radius 1 is 1.26 bits per heavy atom. The molecule has 1 saturated carbocycles. The molecule has 1 amide bonds. The van der Waals surface area contributed by atoms with Crippen molar-refractivity contribution in [2.75, 3.05) is 13.2 Å². The summed E-state index contributed by atoms with van der Waals surface area (Å²) in [4.78, 5) is 12.1. The smallest absolute Gasteiger partial charge is 0.220 e. The van der Waals surface area contributed by atoms with E-state index in [2.05, 4.69) is 19.2 Å². The SMILES string of the molecule is CC(C)(CCN)CCC(=O)NC1(CO)CCCCC1. The lowest BCUT2D eigenvalue weighted by Crippen LogP contribution is -2.52. The van der Waals surface area contributed by atoms with E-state index in [4.69, 9.17) is 5.73 Å². The zero-order chi connectivity index (χ0) is 14.4. The molecule has 4 nitrogen and oxygen atoms in total. The molecule has 1 aliphatic carbocycles. The summed E-state index contributed by atoms with van der Waals surface area (Å²) in [5.41, 5.74) is 5.34. The van der Waals surface area contributed by atoms with Gasteiger partial charge in [-0.05, 0) is 37.6 Å². The van der Waals surface area contributed by atoms with E-state index >= 15 is 0 Å². The third-order valence-corrected chi connectivity index (χ3v) is 4.37. The minimum absolute atomic E-state index is 0.0604. The van der Waals surface area contributed by atoms with Gasteiger partial charge in [0.05, 0.1) is 12.1 Å². The Kier molecular flexibility index (Phi) is 6.27. The van der Waals surface area contributed by atoms with E-state index in [-0.39, 0.29) is 23.5 Å². The van der Waals surface area contributed by atoms with Crippen LogP contribution in [0.1, 0.15) is 65.2 Å². The maximum Gasteiger partial charge on any atom is 0.220 e. The van der Waals surface area contributed by atoms with Gasteiger partial charge in [0.25, 0.3) is 0 Å². The zero-order valence-electron chi connectivity index (χ0n) is 12.5. The number of aliphatic hydroxyl groups is 1. The van der Waals surface area contributed by atoms with E-state index < -0.39 is 0 Å².